The Balaban J connectivity index is 2.09. The van der Waals surface area contributed by atoms with Crippen molar-refractivity contribution >= 4 is 28.5 Å². The number of aromatic nitrogens is 4. The van der Waals surface area contributed by atoms with Crippen LogP contribution < -0.4 is 10.2 Å². The lowest BCUT2D eigenvalue weighted by atomic mass is 10.2. The molecule has 0 spiro atoms. The predicted molar refractivity (Wildman–Crippen MR) is 85.1 cm³/mol. The third-order valence-electron chi connectivity index (χ3n) is 3.36. The molecule has 0 amide bonds. The molecule has 0 aliphatic carbocycles. The number of nitrogens with one attached hydrogen (secondary N) is 2. The molecule has 2 heterocycles. The minimum Gasteiger partial charge on any atom is -0.354 e. The molecule has 0 saturated heterocycles. The number of H-pyrrole nitrogens is 1. The van der Waals surface area contributed by atoms with E-state index in [2.05, 4.69) is 56.7 Å². The summed E-state index contributed by atoms with van der Waals surface area (Å²) in [6.07, 6.45) is 1.76. The van der Waals surface area contributed by atoms with E-state index in [1.54, 1.807) is 6.20 Å². The van der Waals surface area contributed by atoms with Gasteiger partial charge >= 0.3 is 0 Å². The highest BCUT2D eigenvalue weighted by Crippen LogP contribution is 2.28. The van der Waals surface area contributed by atoms with E-state index >= 15 is 0 Å². The molecule has 1 aromatic carbocycles. The number of nitrogens with zero attached hydrogens (tertiary/aromatic N) is 4. The van der Waals surface area contributed by atoms with Crippen molar-refractivity contribution in [3.05, 3.63) is 36.0 Å². The maximum absolute atomic E-state index is 4.61. The standard InChI is InChI=1S/C15H18N6/c1-4-16-15-18-13-12(9-17-20-13)14(19-15)21(3)11-7-5-10(2)6-8-11/h5-9H,4H2,1-3H3,(H2,16,17,18,19,20). The monoisotopic (exact) mass is 282 g/mol. The van der Waals surface area contributed by atoms with Gasteiger partial charge in [-0.05, 0) is 26.0 Å². The highest BCUT2D eigenvalue weighted by Gasteiger charge is 2.14. The molecule has 0 bridgehead atoms. The second-order valence-corrected chi connectivity index (χ2v) is 4.93. The lowest BCUT2D eigenvalue weighted by molar-refractivity contribution is 1.05. The number of anilines is 3. The Morgan fingerprint density at radius 1 is 1.19 bits per heavy atom. The van der Waals surface area contributed by atoms with Gasteiger partial charge in [0.1, 0.15) is 5.82 Å². The van der Waals surface area contributed by atoms with Crippen molar-refractivity contribution in [2.45, 2.75) is 13.8 Å². The molecule has 21 heavy (non-hydrogen) atoms. The molecule has 0 fully saturated rings. The molecule has 0 atom stereocenters. The zero-order valence-corrected chi connectivity index (χ0v) is 12.4. The Labute approximate surface area is 123 Å². The number of aromatic amines is 1. The topological polar surface area (TPSA) is 69.7 Å². The Bertz CT molecular complexity index is 746. The maximum Gasteiger partial charge on any atom is 0.226 e. The van der Waals surface area contributed by atoms with Crippen LogP contribution >= 0.6 is 0 Å². The van der Waals surface area contributed by atoms with Gasteiger partial charge in [-0.3, -0.25) is 5.10 Å². The molecule has 6 heteroatoms. The van der Waals surface area contributed by atoms with Crippen molar-refractivity contribution in [3.63, 3.8) is 0 Å². The van der Waals surface area contributed by atoms with Crippen LogP contribution in [0.5, 0.6) is 0 Å². The van der Waals surface area contributed by atoms with Crippen LogP contribution in [-0.2, 0) is 0 Å². The third-order valence-corrected chi connectivity index (χ3v) is 3.36. The summed E-state index contributed by atoms with van der Waals surface area (Å²) in [7, 11) is 2.00. The summed E-state index contributed by atoms with van der Waals surface area (Å²) in [6, 6.07) is 8.34. The van der Waals surface area contributed by atoms with Crippen molar-refractivity contribution in [1.82, 2.24) is 20.2 Å². The van der Waals surface area contributed by atoms with E-state index in [1.165, 1.54) is 5.56 Å². The van der Waals surface area contributed by atoms with E-state index in [4.69, 9.17) is 0 Å². The minimum absolute atomic E-state index is 0.600. The molecule has 2 aromatic heterocycles. The van der Waals surface area contributed by atoms with Crippen LogP contribution in [0, 0.1) is 6.92 Å². The molecule has 0 aliphatic rings. The van der Waals surface area contributed by atoms with Gasteiger partial charge in [-0.1, -0.05) is 17.7 Å². The van der Waals surface area contributed by atoms with Crippen molar-refractivity contribution in [2.75, 3.05) is 23.8 Å². The van der Waals surface area contributed by atoms with E-state index in [0.29, 0.717) is 5.95 Å². The number of fused-ring (bicyclic) bond motifs is 1. The van der Waals surface area contributed by atoms with Gasteiger partial charge in [0.2, 0.25) is 5.95 Å². The fraction of sp³-hybridized carbons (Fsp3) is 0.267. The van der Waals surface area contributed by atoms with Crippen LogP contribution in [0.15, 0.2) is 30.5 Å². The van der Waals surface area contributed by atoms with E-state index in [9.17, 15) is 0 Å². The first-order chi connectivity index (χ1) is 10.2. The van der Waals surface area contributed by atoms with Gasteiger partial charge in [-0.2, -0.15) is 15.1 Å². The number of benzene rings is 1. The summed E-state index contributed by atoms with van der Waals surface area (Å²) in [5, 5.41) is 11.0. The van der Waals surface area contributed by atoms with Crippen molar-refractivity contribution in [2.24, 2.45) is 0 Å². The summed E-state index contributed by atoms with van der Waals surface area (Å²) in [5.74, 6) is 1.43. The van der Waals surface area contributed by atoms with Gasteiger partial charge in [0, 0.05) is 19.3 Å². The first kappa shape index (κ1) is 13.4. The number of aryl methyl sites for hydroxylation is 1. The zero-order valence-electron chi connectivity index (χ0n) is 12.4. The molecule has 0 aliphatic heterocycles. The Kier molecular flexibility index (Phi) is 3.43. The van der Waals surface area contributed by atoms with Gasteiger partial charge in [0.15, 0.2) is 5.65 Å². The molecule has 0 unspecified atom stereocenters. The molecule has 6 nitrogen and oxygen atoms in total. The second kappa shape index (κ2) is 5.40. The number of rotatable bonds is 4. The zero-order chi connectivity index (χ0) is 14.8. The van der Waals surface area contributed by atoms with Crippen LogP contribution in [0.1, 0.15) is 12.5 Å². The summed E-state index contributed by atoms with van der Waals surface area (Å²) >= 11 is 0. The first-order valence-corrected chi connectivity index (χ1v) is 6.94. The van der Waals surface area contributed by atoms with Gasteiger partial charge in [0.25, 0.3) is 0 Å². The average molecular weight is 282 g/mol. The largest absolute Gasteiger partial charge is 0.354 e. The number of hydrogen-bond acceptors (Lipinski definition) is 5. The van der Waals surface area contributed by atoms with Crippen LogP contribution in [0.25, 0.3) is 11.0 Å². The highest BCUT2D eigenvalue weighted by atomic mass is 15.2. The third kappa shape index (κ3) is 2.52. The fourth-order valence-electron chi connectivity index (χ4n) is 2.20. The Morgan fingerprint density at radius 3 is 2.67 bits per heavy atom. The first-order valence-electron chi connectivity index (χ1n) is 6.94. The van der Waals surface area contributed by atoms with Gasteiger partial charge < -0.3 is 10.2 Å². The quantitative estimate of drug-likeness (QED) is 0.770. The summed E-state index contributed by atoms with van der Waals surface area (Å²) in [6.45, 7) is 4.86. The molecule has 108 valence electrons. The lowest BCUT2D eigenvalue weighted by Crippen LogP contribution is -2.13. The molecule has 3 aromatic rings. The van der Waals surface area contributed by atoms with E-state index < -0.39 is 0 Å². The summed E-state index contributed by atoms with van der Waals surface area (Å²) in [4.78, 5) is 11.1. The van der Waals surface area contributed by atoms with Crippen LogP contribution in [0.3, 0.4) is 0 Å². The smallest absolute Gasteiger partial charge is 0.226 e. The molecular formula is C15H18N6. The highest BCUT2D eigenvalue weighted by molar-refractivity contribution is 5.89. The van der Waals surface area contributed by atoms with Gasteiger partial charge in [-0.15, -0.1) is 0 Å². The Hall–Kier alpha value is -2.63. The summed E-state index contributed by atoms with van der Waals surface area (Å²) < 4.78 is 0. The minimum atomic E-state index is 0.600. The van der Waals surface area contributed by atoms with Crippen LogP contribution in [-0.4, -0.2) is 33.8 Å². The normalized spacial score (nSPS) is 10.8. The Morgan fingerprint density at radius 2 is 1.95 bits per heavy atom. The lowest BCUT2D eigenvalue weighted by Gasteiger charge is -2.19. The SMILES string of the molecule is CCNc1nc(N(C)c2ccc(C)cc2)c2cn[nH]c2n1. The molecule has 0 saturated carbocycles. The van der Waals surface area contributed by atoms with E-state index in [-0.39, 0.29) is 0 Å². The fourth-order valence-corrected chi connectivity index (χ4v) is 2.20. The van der Waals surface area contributed by atoms with E-state index in [1.807, 2.05) is 18.9 Å². The number of hydrogen-bond donors (Lipinski definition) is 2. The van der Waals surface area contributed by atoms with Crippen molar-refractivity contribution in [3.8, 4) is 0 Å². The van der Waals surface area contributed by atoms with Crippen molar-refractivity contribution in [1.29, 1.82) is 0 Å². The molecule has 3 rings (SSSR count). The maximum atomic E-state index is 4.61. The second-order valence-electron chi connectivity index (χ2n) is 4.93. The molecule has 0 radical (unpaired) electrons. The molecule has 2 N–H and O–H groups in total. The molecular weight excluding hydrogens is 264 g/mol. The van der Waals surface area contributed by atoms with Gasteiger partial charge in [-0.25, -0.2) is 0 Å². The summed E-state index contributed by atoms with van der Waals surface area (Å²) in [5.41, 5.74) is 3.04. The van der Waals surface area contributed by atoms with Gasteiger partial charge in [0.05, 0.1) is 11.6 Å². The average Bonchev–Trinajstić information content (AvgIpc) is 2.95. The van der Waals surface area contributed by atoms with Crippen molar-refractivity contribution < 1.29 is 0 Å². The van der Waals surface area contributed by atoms with Crippen LogP contribution in [0.4, 0.5) is 17.5 Å². The predicted octanol–water partition coefficient (Wildman–Crippen LogP) is 2.86. The van der Waals surface area contributed by atoms with E-state index in [0.717, 1.165) is 29.1 Å². The van der Waals surface area contributed by atoms with Crippen LogP contribution in [0.2, 0.25) is 0 Å².